The molecule has 0 saturated carbocycles. The summed E-state index contributed by atoms with van der Waals surface area (Å²) in [6.07, 6.45) is -0.160. The van der Waals surface area contributed by atoms with Crippen molar-refractivity contribution >= 4 is 21.9 Å². The third-order valence-corrected chi connectivity index (χ3v) is 5.18. The molecule has 3 aromatic rings. The number of ether oxygens (including phenoxy) is 2. The van der Waals surface area contributed by atoms with Crippen LogP contribution in [0, 0.1) is 0 Å². The first-order valence-electron chi connectivity index (χ1n) is 7.97. The fourth-order valence-corrected chi connectivity index (χ4v) is 3.42. The molecule has 6 nitrogen and oxygen atoms in total. The Balaban J connectivity index is 2.25. The van der Waals surface area contributed by atoms with Crippen molar-refractivity contribution < 1.29 is 24.1 Å². The molecular formula is C19H18O6. The number of fused-ring (bicyclic) bond motifs is 4. The van der Waals surface area contributed by atoms with E-state index in [1.54, 1.807) is 0 Å². The van der Waals surface area contributed by atoms with Crippen LogP contribution in [0.4, 0.5) is 0 Å². The molecule has 6 heteroatoms. The van der Waals surface area contributed by atoms with Crippen LogP contribution >= 0.6 is 0 Å². The molecule has 2 N–H and O–H groups in total. The summed E-state index contributed by atoms with van der Waals surface area (Å²) in [7, 11) is 1.42. The first-order valence-corrected chi connectivity index (χ1v) is 7.97. The van der Waals surface area contributed by atoms with Crippen LogP contribution in [0.1, 0.15) is 26.3 Å². The summed E-state index contributed by atoms with van der Waals surface area (Å²) < 4.78 is 16.9. The summed E-state index contributed by atoms with van der Waals surface area (Å²) in [6.45, 7) is 5.88. The second kappa shape index (κ2) is 4.81. The lowest BCUT2D eigenvalue weighted by Crippen LogP contribution is -2.29. The highest BCUT2D eigenvalue weighted by atomic mass is 16.5. The number of hydrogen-bond acceptors (Lipinski definition) is 6. The van der Waals surface area contributed by atoms with Crippen molar-refractivity contribution in [2.24, 2.45) is 0 Å². The molecule has 25 heavy (non-hydrogen) atoms. The molecule has 0 spiro atoms. The van der Waals surface area contributed by atoms with Gasteiger partial charge < -0.3 is 24.1 Å². The lowest BCUT2D eigenvalue weighted by atomic mass is 9.81. The summed E-state index contributed by atoms with van der Waals surface area (Å²) >= 11 is 0. The molecule has 1 aromatic heterocycles. The minimum atomic E-state index is -0.431. The molecule has 0 radical (unpaired) electrons. The fraction of sp³-hybridized carbons (Fsp3) is 0.316. The molecule has 1 atom stereocenters. The minimum Gasteiger partial charge on any atom is -0.507 e. The highest BCUT2D eigenvalue weighted by Crippen LogP contribution is 2.49. The average Bonchev–Trinajstić information content (AvgIpc) is 2.77. The highest BCUT2D eigenvalue weighted by molar-refractivity contribution is 5.98. The van der Waals surface area contributed by atoms with Crippen LogP contribution in [0.3, 0.4) is 0 Å². The summed E-state index contributed by atoms with van der Waals surface area (Å²) in [4.78, 5) is 12.9. The molecule has 0 unspecified atom stereocenters. The summed E-state index contributed by atoms with van der Waals surface area (Å²) in [5, 5.41) is 21.0. The predicted octanol–water partition coefficient (Wildman–Crippen LogP) is 3.42. The molecule has 130 valence electrons. The van der Waals surface area contributed by atoms with Crippen molar-refractivity contribution in [2.75, 3.05) is 7.11 Å². The Morgan fingerprint density at radius 2 is 1.92 bits per heavy atom. The molecular weight excluding hydrogens is 324 g/mol. The van der Waals surface area contributed by atoms with Gasteiger partial charge in [-0.2, -0.15) is 0 Å². The third kappa shape index (κ3) is 1.88. The maximum Gasteiger partial charge on any atom is 0.204 e. The highest BCUT2D eigenvalue weighted by Gasteiger charge is 2.42. The predicted molar refractivity (Wildman–Crippen MR) is 93.0 cm³/mol. The van der Waals surface area contributed by atoms with Gasteiger partial charge in [0.2, 0.25) is 11.2 Å². The average molecular weight is 342 g/mol. The maximum atomic E-state index is 12.9. The monoisotopic (exact) mass is 342 g/mol. The zero-order valence-corrected chi connectivity index (χ0v) is 14.3. The van der Waals surface area contributed by atoms with Gasteiger partial charge in [-0.1, -0.05) is 13.8 Å². The quantitative estimate of drug-likeness (QED) is 0.659. The van der Waals surface area contributed by atoms with Gasteiger partial charge >= 0.3 is 0 Å². The van der Waals surface area contributed by atoms with Gasteiger partial charge in [0, 0.05) is 17.0 Å². The van der Waals surface area contributed by atoms with Gasteiger partial charge in [0.05, 0.1) is 12.5 Å². The van der Waals surface area contributed by atoms with E-state index in [4.69, 9.17) is 13.9 Å². The first kappa shape index (κ1) is 15.6. The van der Waals surface area contributed by atoms with Crippen LogP contribution in [0.25, 0.3) is 21.9 Å². The summed E-state index contributed by atoms with van der Waals surface area (Å²) in [5.41, 5.74) is 0.114. The Morgan fingerprint density at radius 3 is 2.60 bits per heavy atom. The number of phenols is 2. The molecule has 2 aromatic carbocycles. The number of aromatic hydroxyl groups is 2. The van der Waals surface area contributed by atoms with Gasteiger partial charge in [0.1, 0.15) is 28.6 Å². The molecule has 1 aliphatic rings. The van der Waals surface area contributed by atoms with Crippen molar-refractivity contribution in [1.82, 2.24) is 0 Å². The zero-order chi connectivity index (χ0) is 18.1. The number of methoxy groups -OCH3 is 1. The van der Waals surface area contributed by atoms with E-state index in [1.807, 2.05) is 20.8 Å². The van der Waals surface area contributed by atoms with Gasteiger partial charge in [-0.3, -0.25) is 4.79 Å². The van der Waals surface area contributed by atoms with Crippen molar-refractivity contribution in [3.63, 3.8) is 0 Å². The number of benzene rings is 2. The third-order valence-electron chi connectivity index (χ3n) is 5.18. The van der Waals surface area contributed by atoms with Crippen LogP contribution in [-0.4, -0.2) is 23.4 Å². The molecule has 0 amide bonds. The van der Waals surface area contributed by atoms with E-state index >= 15 is 0 Å². The normalized spacial score (nSPS) is 18.3. The Bertz CT molecular complexity index is 1090. The van der Waals surface area contributed by atoms with Crippen molar-refractivity contribution in [3.8, 4) is 23.0 Å². The van der Waals surface area contributed by atoms with E-state index in [0.717, 1.165) is 0 Å². The number of hydrogen-bond donors (Lipinski definition) is 2. The van der Waals surface area contributed by atoms with Crippen molar-refractivity contribution in [1.29, 1.82) is 0 Å². The standard InChI is InChI=1S/C19H18O6/c1-8-19(2,3)14-12(24-8)7-10(20)13-15(21)9-5-6-11(23-4)16(22)17(9)25-18(13)14/h5-8,20,22H,1-4H3/t8-/m1/s1. The van der Waals surface area contributed by atoms with Crippen LogP contribution < -0.4 is 14.9 Å². The summed E-state index contributed by atoms with van der Waals surface area (Å²) in [5.74, 6) is 0.230. The van der Waals surface area contributed by atoms with Crippen molar-refractivity contribution in [2.45, 2.75) is 32.3 Å². The SMILES string of the molecule is COc1ccc2c(=O)c3c(O)cc4c(c3oc2c1O)C(C)(C)[C@@H](C)O4. The van der Waals surface area contributed by atoms with Crippen molar-refractivity contribution in [3.05, 3.63) is 34.0 Å². The molecule has 0 fully saturated rings. The molecule has 0 saturated heterocycles. The second-order valence-electron chi connectivity index (χ2n) is 6.88. The largest absolute Gasteiger partial charge is 0.507 e. The van der Waals surface area contributed by atoms with Crippen LogP contribution in [-0.2, 0) is 5.41 Å². The maximum absolute atomic E-state index is 12.9. The lowest BCUT2D eigenvalue weighted by Gasteiger charge is -2.22. The Labute approximate surface area is 143 Å². The van der Waals surface area contributed by atoms with Gasteiger partial charge in [-0.15, -0.1) is 0 Å². The molecule has 2 heterocycles. The van der Waals surface area contributed by atoms with Crippen LogP contribution in [0.5, 0.6) is 23.0 Å². The van der Waals surface area contributed by atoms with Gasteiger partial charge in [-0.25, -0.2) is 0 Å². The molecule has 4 rings (SSSR count). The molecule has 0 aliphatic carbocycles. The Morgan fingerprint density at radius 1 is 1.20 bits per heavy atom. The number of rotatable bonds is 1. The smallest absolute Gasteiger partial charge is 0.204 e. The fourth-order valence-electron chi connectivity index (χ4n) is 3.42. The lowest BCUT2D eigenvalue weighted by molar-refractivity contribution is 0.185. The molecule has 1 aliphatic heterocycles. The molecule has 0 bridgehead atoms. The minimum absolute atomic E-state index is 0.0278. The van der Waals surface area contributed by atoms with E-state index < -0.39 is 10.8 Å². The van der Waals surface area contributed by atoms with E-state index in [1.165, 1.54) is 25.3 Å². The van der Waals surface area contributed by atoms with Crippen LogP contribution in [0.2, 0.25) is 0 Å². The van der Waals surface area contributed by atoms with Gasteiger partial charge in [0.25, 0.3) is 0 Å². The van der Waals surface area contributed by atoms with Gasteiger partial charge in [0.15, 0.2) is 11.3 Å². The van der Waals surface area contributed by atoms with E-state index in [-0.39, 0.29) is 45.3 Å². The summed E-state index contributed by atoms with van der Waals surface area (Å²) in [6, 6.07) is 4.45. The first-order chi connectivity index (χ1) is 11.8. The Hall–Kier alpha value is -2.89. The van der Waals surface area contributed by atoms with E-state index in [9.17, 15) is 15.0 Å². The van der Waals surface area contributed by atoms with E-state index in [0.29, 0.717) is 11.3 Å². The zero-order valence-electron chi connectivity index (χ0n) is 14.3. The topological polar surface area (TPSA) is 89.1 Å². The van der Waals surface area contributed by atoms with Crippen LogP contribution in [0.15, 0.2) is 27.4 Å². The second-order valence-corrected chi connectivity index (χ2v) is 6.88. The number of phenolic OH excluding ortho intramolecular Hbond substituents is 2. The Kier molecular flexibility index (Phi) is 3.01. The van der Waals surface area contributed by atoms with E-state index in [2.05, 4.69) is 0 Å². The van der Waals surface area contributed by atoms with Gasteiger partial charge in [-0.05, 0) is 19.1 Å².